The summed E-state index contributed by atoms with van der Waals surface area (Å²) in [4.78, 5) is 0. The maximum Gasteiger partial charge on any atom is 0.00848 e. The molecule has 0 amide bonds. The Kier molecular flexibility index (Phi) is 7.86. The van der Waals surface area contributed by atoms with Crippen molar-refractivity contribution < 1.29 is 0 Å². The Morgan fingerprint density at radius 1 is 0.714 bits per heavy atom. The first-order valence-corrected chi connectivity index (χ1v) is 12.3. The summed E-state index contributed by atoms with van der Waals surface area (Å²) in [7, 11) is 0. The molecule has 3 rings (SSSR count). The van der Waals surface area contributed by atoms with Crippen LogP contribution < -0.4 is 22.9 Å². The SMILES string of the molecule is CCC1CCC(N)C(CC2C(N)CC(N)C(C)C2CC2CC(CN)CC2C)C1. The third-order valence-electron chi connectivity index (χ3n) is 9.35. The minimum Gasteiger partial charge on any atom is -0.330 e. The van der Waals surface area contributed by atoms with Gasteiger partial charge in [0, 0.05) is 18.1 Å². The first kappa shape index (κ1) is 22.5. The zero-order valence-corrected chi connectivity index (χ0v) is 18.7. The van der Waals surface area contributed by atoms with Gasteiger partial charge in [0.2, 0.25) is 0 Å². The van der Waals surface area contributed by atoms with Crippen LogP contribution in [-0.4, -0.2) is 24.7 Å². The third-order valence-corrected chi connectivity index (χ3v) is 9.35. The van der Waals surface area contributed by atoms with Gasteiger partial charge >= 0.3 is 0 Å². The first-order chi connectivity index (χ1) is 13.3. The van der Waals surface area contributed by atoms with Crippen molar-refractivity contribution >= 4 is 0 Å². The van der Waals surface area contributed by atoms with Crippen molar-refractivity contribution in [1.29, 1.82) is 0 Å². The van der Waals surface area contributed by atoms with Crippen molar-refractivity contribution in [3.05, 3.63) is 0 Å². The maximum absolute atomic E-state index is 6.77. The predicted molar refractivity (Wildman–Crippen MR) is 119 cm³/mol. The summed E-state index contributed by atoms with van der Waals surface area (Å²) in [5.74, 6) is 5.62. The van der Waals surface area contributed by atoms with Gasteiger partial charge in [-0.3, -0.25) is 0 Å². The maximum atomic E-state index is 6.77. The third kappa shape index (κ3) is 4.94. The van der Waals surface area contributed by atoms with E-state index in [0.29, 0.717) is 29.7 Å². The standard InChI is InChI=1S/C24H48N4/c1-4-16-5-6-22(26)19(8-16)11-21-20(15(3)23(27)12-24(21)28)10-18-9-17(13-25)7-14(18)2/h14-24H,4-13,25-28H2,1-3H3. The van der Waals surface area contributed by atoms with E-state index < -0.39 is 0 Å². The molecule has 3 aliphatic rings. The molecule has 3 aliphatic carbocycles. The second-order valence-electron chi connectivity index (χ2n) is 11.0. The molecule has 0 spiro atoms. The first-order valence-electron chi connectivity index (χ1n) is 12.3. The van der Waals surface area contributed by atoms with Gasteiger partial charge in [-0.1, -0.05) is 27.2 Å². The number of hydrogen-bond acceptors (Lipinski definition) is 4. The summed E-state index contributed by atoms with van der Waals surface area (Å²) in [6, 6.07) is 0.864. The molecular formula is C24H48N4. The fourth-order valence-electron chi connectivity index (χ4n) is 7.19. The molecule has 0 aromatic heterocycles. The van der Waals surface area contributed by atoms with Crippen LogP contribution >= 0.6 is 0 Å². The van der Waals surface area contributed by atoms with Crippen LogP contribution in [0.2, 0.25) is 0 Å². The van der Waals surface area contributed by atoms with Crippen LogP contribution in [0.5, 0.6) is 0 Å². The number of hydrogen-bond donors (Lipinski definition) is 4. The van der Waals surface area contributed by atoms with E-state index >= 15 is 0 Å². The summed E-state index contributed by atoms with van der Waals surface area (Å²) < 4.78 is 0. The molecule has 0 aromatic carbocycles. The highest BCUT2D eigenvalue weighted by molar-refractivity contribution is 4.98. The van der Waals surface area contributed by atoms with Crippen molar-refractivity contribution in [3.63, 3.8) is 0 Å². The van der Waals surface area contributed by atoms with E-state index in [1.807, 2.05) is 0 Å². The molecule has 4 nitrogen and oxygen atoms in total. The lowest BCUT2D eigenvalue weighted by molar-refractivity contribution is 0.0585. The molecule has 164 valence electrons. The van der Waals surface area contributed by atoms with E-state index in [-0.39, 0.29) is 12.1 Å². The Labute approximate surface area is 173 Å². The van der Waals surface area contributed by atoms with Crippen molar-refractivity contribution in [1.82, 2.24) is 0 Å². The molecule has 0 bridgehead atoms. The van der Waals surface area contributed by atoms with Crippen molar-refractivity contribution in [2.45, 2.75) is 96.7 Å². The van der Waals surface area contributed by atoms with Crippen molar-refractivity contribution in [3.8, 4) is 0 Å². The molecule has 3 saturated carbocycles. The van der Waals surface area contributed by atoms with E-state index in [9.17, 15) is 0 Å². The highest BCUT2D eigenvalue weighted by Gasteiger charge is 2.44. The van der Waals surface area contributed by atoms with E-state index in [1.165, 1.54) is 51.4 Å². The number of rotatable bonds is 6. The van der Waals surface area contributed by atoms with E-state index in [0.717, 1.165) is 36.6 Å². The quantitative estimate of drug-likeness (QED) is 0.555. The van der Waals surface area contributed by atoms with Crippen molar-refractivity contribution in [2.24, 2.45) is 70.3 Å². The molecule has 0 aliphatic heterocycles. The molecule has 28 heavy (non-hydrogen) atoms. The summed E-state index contributed by atoms with van der Waals surface area (Å²) in [5.41, 5.74) is 25.9. The van der Waals surface area contributed by atoms with Crippen LogP contribution in [-0.2, 0) is 0 Å². The second kappa shape index (κ2) is 9.76. The largest absolute Gasteiger partial charge is 0.330 e. The molecule has 8 N–H and O–H groups in total. The number of nitrogens with two attached hydrogens (primary N) is 4. The highest BCUT2D eigenvalue weighted by Crippen LogP contribution is 2.47. The van der Waals surface area contributed by atoms with Crippen LogP contribution in [0.15, 0.2) is 0 Å². The predicted octanol–water partition coefficient (Wildman–Crippen LogP) is 3.47. The van der Waals surface area contributed by atoms with Crippen LogP contribution in [0.1, 0.15) is 78.6 Å². The van der Waals surface area contributed by atoms with Gasteiger partial charge in [-0.15, -0.1) is 0 Å². The Morgan fingerprint density at radius 3 is 2.04 bits per heavy atom. The second-order valence-corrected chi connectivity index (χ2v) is 11.0. The minimum absolute atomic E-state index is 0.243. The van der Waals surface area contributed by atoms with Crippen molar-refractivity contribution in [2.75, 3.05) is 6.54 Å². The molecule has 0 radical (unpaired) electrons. The van der Waals surface area contributed by atoms with Crippen LogP contribution in [0, 0.1) is 47.3 Å². The molecule has 0 aromatic rings. The fraction of sp³-hybridized carbons (Fsp3) is 1.00. The zero-order chi connectivity index (χ0) is 20.4. The van der Waals surface area contributed by atoms with Gasteiger partial charge in [0.15, 0.2) is 0 Å². The van der Waals surface area contributed by atoms with Crippen LogP contribution in [0.3, 0.4) is 0 Å². The van der Waals surface area contributed by atoms with Gasteiger partial charge in [-0.05, 0) is 105 Å². The van der Waals surface area contributed by atoms with Crippen LogP contribution in [0.4, 0.5) is 0 Å². The van der Waals surface area contributed by atoms with E-state index in [2.05, 4.69) is 20.8 Å². The molecule has 11 atom stereocenters. The Balaban J connectivity index is 1.72. The lowest BCUT2D eigenvalue weighted by Gasteiger charge is -2.48. The lowest BCUT2D eigenvalue weighted by Crippen LogP contribution is -2.53. The van der Waals surface area contributed by atoms with E-state index in [4.69, 9.17) is 22.9 Å². The topological polar surface area (TPSA) is 104 Å². The fourth-order valence-corrected chi connectivity index (χ4v) is 7.19. The monoisotopic (exact) mass is 392 g/mol. The molecule has 0 heterocycles. The van der Waals surface area contributed by atoms with Gasteiger partial charge in [-0.25, -0.2) is 0 Å². The summed E-state index contributed by atoms with van der Waals surface area (Å²) >= 11 is 0. The van der Waals surface area contributed by atoms with Gasteiger partial charge < -0.3 is 22.9 Å². The smallest absolute Gasteiger partial charge is 0.00848 e. The average molecular weight is 393 g/mol. The molecular weight excluding hydrogens is 344 g/mol. The summed E-state index contributed by atoms with van der Waals surface area (Å²) in [6.45, 7) is 8.01. The summed E-state index contributed by atoms with van der Waals surface area (Å²) in [5, 5.41) is 0. The molecule has 4 heteroatoms. The minimum atomic E-state index is 0.243. The highest BCUT2D eigenvalue weighted by atomic mass is 14.8. The van der Waals surface area contributed by atoms with Gasteiger partial charge in [0.25, 0.3) is 0 Å². The Hall–Kier alpha value is -0.160. The summed E-state index contributed by atoms with van der Waals surface area (Å²) in [6.07, 6.45) is 11.2. The van der Waals surface area contributed by atoms with Gasteiger partial charge in [0.1, 0.15) is 0 Å². The van der Waals surface area contributed by atoms with Gasteiger partial charge in [-0.2, -0.15) is 0 Å². The molecule has 3 fully saturated rings. The normalized spacial score (nSPS) is 50.0. The lowest BCUT2D eigenvalue weighted by atomic mass is 9.61. The Morgan fingerprint density at radius 2 is 1.39 bits per heavy atom. The average Bonchev–Trinajstić information content (AvgIpc) is 3.03. The van der Waals surface area contributed by atoms with Crippen LogP contribution in [0.25, 0.3) is 0 Å². The van der Waals surface area contributed by atoms with Gasteiger partial charge in [0.05, 0.1) is 0 Å². The Bertz CT molecular complexity index is 483. The van der Waals surface area contributed by atoms with E-state index in [1.54, 1.807) is 0 Å². The zero-order valence-electron chi connectivity index (χ0n) is 18.7. The molecule has 0 saturated heterocycles. The molecule has 11 unspecified atom stereocenters.